The molecule has 0 aromatic heterocycles. The molecule has 1 aliphatic carbocycles. The normalized spacial score (nSPS) is 17.1. The number of halogens is 2. The summed E-state index contributed by atoms with van der Waals surface area (Å²) < 4.78 is 9.77. The van der Waals surface area contributed by atoms with Crippen molar-refractivity contribution in [2.24, 2.45) is 0 Å². The number of aliphatic hydroxyl groups excluding tert-OH is 1. The minimum absolute atomic E-state index is 0.0241. The Balaban J connectivity index is 2.24. The zero-order chi connectivity index (χ0) is 19.9. The first-order valence-corrected chi connectivity index (χ1v) is 24.8. The van der Waals surface area contributed by atoms with Crippen LogP contribution in [-0.4, -0.2) is 30.0 Å². The summed E-state index contributed by atoms with van der Waals surface area (Å²) in [6, 6.07) is 16.8. The predicted molar refractivity (Wildman–Crippen MR) is 114 cm³/mol. The molecule has 1 unspecified atom stereocenters. The third kappa shape index (κ3) is 4.02. The van der Waals surface area contributed by atoms with E-state index in [9.17, 15) is 5.11 Å². The molecule has 7 heteroatoms. The van der Waals surface area contributed by atoms with Gasteiger partial charge in [0.2, 0.25) is 0 Å². The van der Waals surface area contributed by atoms with Crippen LogP contribution in [0.5, 0.6) is 0 Å². The van der Waals surface area contributed by atoms with Gasteiger partial charge in [-0.05, 0) is 0 Å². The van der Waals surface area contributed by atoms with Crippen molar-refractivity contribution in [2.75, 3.05) is 13.2 Å². The van der Waals surface area contributed by atoms with E-state index >= 15 is 0 Å². The molecule has 0 heterocycles. The van der Waals surface area contributed by atoms with Gasteiger partial charge in [-0.3, -0.25) is 0 Å². The Morgan fingerprint density at radius 3 is 1.96 bits per heavy atom. The summed E-state index contributed by atoms with van der Waals surface area (Å²) in [6.45, 7) is 8.65. The summed E-state index contributed by atoms with van der Waals surface area (Å²) in [5.41, 5.74) is 4.55. The number of rotatable bonds is 6. The first-order valence-electron chi connectivity index (χ1n) is 9.36. The minimum atomic E-state index is -4.74. The zero-order valence-corrected chi connectivity index (χ0v) is 21.4. The van der Waals surface area contributed by atoms with Crippen LogP contribution in [0.4, 0.5) is 0 Å². The summed E-state index contributed by atoms with van der Waals surface area (Å²) in [4.78, 5) is 0. The number of nitrogens with one attached hydrogen (secondary N) is 1. The third-order valence-electron chi connectivity index (χ3n) is 5.18. The van der Waals surface area contributed by atoms with Crippen molar-refractivity contribution < 1.29 is 25.4 Å². The van der Waals surface area contributed by atoms with Crippen molar-refractivity contribution in [1.29, 1.82) is 0 Å². The van der Waals surface area contributed by atoms with Gasteiger partial charge in [0.05, 0.1) is 0 Å². The van der Waals surface area contributed by atoms with Crippen LogP contribution in [0.3, 0.4) is 0 Å². The molecule has 3 rings (SSSR count). The average Bonchev–Trinajstić information content (AvgIpc) is 2.93. The second-order valence-corrected chi connectivity index (χ2v) is 45.9. The molecule has 2 aromatic carbocycles. The molecule has 0 amide bonds. The monoisotopic (exact) mass is 502 g/mol. The summed E-state index contributed by atoms with van der Waals surface area (Å²) in [6.07, 6.45) is -2.07. The molecule has 147 valence electrons. The van der Waals surface area contributed by atoms with E-state index in [1.807, 2.05) is 0 Å². The van der Waals surface area contributed by atoms with Gasteiger partial charge >= 0.3 is 172 Å². The van der Waals surface area contributed by atoms with Crippen molar-refractivity contribution in [3.8, 4) is 11.1 Å². The molecule has 0 saturated carbocycles. The van der Waals surface area contributed by atoms with Gasteiger partial charge in [-0.1, -0.05) is 0 Å². The molecule has 0 aliphatic heterocycles. The maximum absolute atomic E-state index is 9.29. The van der Waals surface area contributed by atoms with Crippen molar-refractivity contribution >= 4 is 23.2 Å². The fourth-order valence-corrected chi connectivity index (χ4v) is 34.7. The maximum atomic E-state index is 9.29. The Hall–Kier alpha value is 0. The van der Waals surface area contributed by atoms with E-state index in [2.05, 4.69) is 79.1 Å². The molecule has 3 nitrogen and oxygen atoms in total. The molecular weight excluding hydrogens is 476 g/mol. The number of benzene rings is 2. The molecule has 0 radical (unpaired) electrons. The fourth-order valence-electron chi connectivity index (χ4n) is 4.23. The van der Waals surface area contributed by atoms with Crippen LogP contribution in [0.2, 0.25) is 6.55 Å². The molecule has 1 aliphatic rings. The molecule has 0 bridgehead atoms. The number of aliphatic hydroxyl groups is 1. The van der Waals surface area contributed by atoms with E-state index in [4.69, 9.17) is 21.5 Å². The van der Waals surface area contributed by atoms with Gasteiger partial charge in [-0.25, -0.2) is 0 Å². The van der Waals surface area contributed by atoms with E-state index in [-0.39, 0.29) is 22.4 Å². The Morgan fingerprint density at radius 1 is 1.04 bits per heavy atom. The summed E-state index contributed by atoms with van der Waals surface area (Å²) >= 11 is -4.74. The van der Waals surface area contributed by atoms with E-state index in [1.54, 1.807) is 0 Å². The van der Waals surface area contributed by atoms with Crippen molar-refractivity contribution in [2.45, 2.75) is 36.5 Å². The van der Waals surface area contributed by atoms with Gasteiger partial charge in [0.1, 0.15) is 0 Å². The molecule has 2 N–H and O–H groups in total. The van der Waals surface area contributed by atoms with Crippen molar-refractivity contribution in [3.63, 3.8) is 0 Å². The van der Waals surface area contributed by atoms with Crippen LogP contribution >= 0.6 is 17.0 Å². The average molecular weight is 505 g/mol. The second kappa shape index (κ2) is 7.68. The van der Waals surface area contributed by atoms with Crippen LogP contribution in [0.15, 0.2) is 48.5 Å². The second-order valence-electron chi connectivity index (χ2n) is 8.37. The van der Waals surface area contributed by atoms with Gasteiger partial charge in [-0.2, -0.15) is 0 Å². The van der Waals surface area contributed by atoms with Crippen LogP contribution in [0.25, 0.3) is 11.1 Å². The van der Waals surface area contributed by atoms with E-state index < -0.39 is 22.0 Å². The zero-order valence-electron chi connectivity index (χ0n) is 16.3. The van der Waals surface area contributed by atoms with E-state index in [0.29, 0.717) is 0 Å². The molecule has 0 fully saturated rings. The number of hydrogen-bond acceptors (Lipinski definition) is 3. The van der Waals surface area contributed by atoms with Gasteiger partial charge in [0.25, 0.3) is 0 Å². The molecular formula is C20H28Cl2NO2SiZr. The Bertz CT molecular complexity index is 795. The first-order chi connectivity index (χ1) is 12.6. The van der Waals surface area contributed by atoms with E-state index in [1.165, 1.54) is 22.3 Å². The Labute approximate surface area is 171 Å². The molecule has 2 aromatic rings. The van der Waals surface area contributed by atoms with Crippen LogP contribution in [-0.2, 0) is 20.3 Å². The molecule has 0 spiro atoms. The van der Waals surface area contributed by atoms with Crippen molar-refractivity contribution in [1.82, 2.24) is 3.26 Å². The van der Waals surface area contributed by atoms with Gasteiger partial charge in [0, 0.05) is 0 Å². The fraction of sp³-hybridized carbons (Fsp3) is 0.400. The molecule has 27 heavy (non-hydrogen) atoms. The summed E-state index contributed by atoms with van der Waals surface area (Å²) in [5, 5.41) is 9.29. The van der Waals surface area contributed by atoms with Gasteiger partial charge in [0.15, 0.2) is 0 Å². The topological polar surface area (TPSA) is 41.5 Å². The standard InChI is InChI=1S/C13H9.C4H10N.C3H9O2Si.2ClH.Zr/c1-3-7-12-10(5-1)9-11-6-2-4-8-13(11)12;1-4(2,3)5;1-6-5-3-2-4;;;/h1-9H;5H,1-3H3;4,6H,2-3H2,1H3;2*1H;/q;-1;;;;+3/p-2. The number of hydrogen-bond donors (Lipinski definition) is 2. The molecule has 1 atom stereocenters. The third-order valence-corrected chi connectivity index (χ3v) is 44.2. The Morgan fingerprint density at radius 2 is 1.52 bits per heavy atom. The van der Waals surface area contributed by atoms with Gasteiger partial charge in [-0.15, -0.1) is 0 Å². The van der Waals surface area contributed by atoms with Crippen LogP contribution < -0.4 is 3.26 Å². The van der Waals surface area contributed by atoms with Crippen LogP contribution in [0, 0.1) is 0 Å². The van der Waals surface area contributed by atoms with Crippen molar-refractivity contribution in [3.05, 3.63) is 59.7 Å². The first kappa shape index (κ1) is 21.7. The quantitative estimate of drug-likeness (QED) is 0.549. The summed E-state index contributed by atoms with van der Waals surface area (Å²) in [5.74, 6) is 0. The number of fused-ring (bicyclic) bond motifs is 3. The molecule has 0 saturated heterocycles. The SMILES string of the molecule is C[SiH](OCCO)[Zr]([Cl])([Cl])([NH]C(C)(C)C)[CH]1c2ccccc2-c2ccccc21. The van der Waals surface area contributed by atoms with Gasteiger partial charge < -0.3 is 0 Å². The van der Waals surface area contributed by atoms with Crippen LogP contribution in [0.1, 0.15) is 35.5 Å². The van der Waals surface area contributed by atoms with E-state index in [0.717, 1.165) is 0 Å². The Kier molecular flexibility index (Phi) is 6.17. The predicted octanol–water partition coefficient (Wildman–Crippen LogP) is 4.92. The summed E-state index contributed by atoms with van der Waals surface area (Å²) in [7, 11) is 15.3.